The Kier molecular flexibility index (Phi) is 38.7. The van der Waals surface area contributed by atoms with Gasteiger partial charge >= 0.3 is 0 Å². The van der Waals surface area contributed by atoms with Crippen LogP contribution in [0.1, 0.15) is 226 Å². The van der Waals surface area contributed by atoms with E-state index in [2.05, 4.69) is 26.1 Å². The molecule has 0 radical (unpaired) electrons. The number of amides is 2. The van der Waals surface area contributed by atoms with Crippen LogP contribution in [0.25, 0.3) is 0 Å². The van der Waals surface area contributed by atoms with Crippen LogP contribution in [0.2, 0.25) is 0 Å². The number of nitrogens with one attached hydrogen (secondary N) is 1. The number of primary amides is 1. The fourth-order valence-corrected chi connectivity index (χ4v) is 6.69. The van der Waals surface area contributed by atoms with Crippen molar-refractivity contribution in [1.29, 1.82) is 0 Å². The van der Waals surface area contributed by atoms with Crippen molar-refractivity contribution in [2.24, 2.45) is 11.7 Å². The van der Waals surface area contributed by atoms with Gasteiger partial charge in [-0.15, -0.1) is 0 Å². The average Bonchev–Trinajstić information content (AvgIpc) is 3.09. The Balaban J connectivity index is 4.26. The van der Waals surface area contributed by atoms with Crippen LogP contribution in [0.4, 0.5) is 0 Å². The van der Waals surface area contributed by atoms with E-state index in [1.54, 1.807) is 0 Å². The molecular weight excluding hydrogens is 608 g/mol. The highest BCUT2D eigenvalue weighted by Gasteiger charge is 2.16. The van der Waals surface area contributed by atoms with Gasteiger partial charge in [-0.3, -0.25) is 9.59 Å². The number of carbonyl (C=O) groups is 2. The van der Waals surface area contributed by atoms with Crippen molar-refractivity contribution in [3.8, 4) is 0 Å². The van der Waals surface area contributed by atoms with E-state index in [4.69, 9.17) is 15.2 Å². The second kappa shape index (κ2) is 39.6. The summed E-state index contributed by atoms with van der Waals surface area (Å²) in [7, 11) is 0. The van der Waals surface area contributed by atoms with Gasteiger partial charge in [0.1, 0.15) is 0 Å². The van der Waals surface area contributed by atoms with Crippen LogP contribution in [0.3, 0.4) is 0 Å². The van der Waals surface area contributed by atoms with Crippen molar-refractivity contribution in [1.82, 2.24) is 5.32 Å². The first-order valence-corrected chi connectivity index (χ1v) is 21.8. The number of unbranched alkanes of at least 4 members (excludes halogenated alkanes) is 25. The lowest BCUT2D eigenvalue weighted by Crippen LogP contribution is -2.36. The highest BCUT2D eigenvalue weighted by molar-refractivity contribution is 5.77. The van der Waals surface area contributed by atoms with Gasteiger partial charge in [-0.1, -0.05) is 188 Å². The van der Waals surface area contributed by atoms with Crippen LogP contribution in [0.5, 0.6) is 0 Å². The molecule has 6 nitrogen and oxygen atoms in total. The molecule has 0 aromatic heterocycles. The lowest BCUT2D eigenvalue weighted by atomic mass is 9.94. The summed E-state index contributed by atoms with van der Waals surface area (Å²) in [6.07, 6.45) is 39.0. The Bertz CT molecular complexity index is 689. The molecule has 3 N–H and O–H groups in total. The first kappa shape index (κ1) is 47.9. The zero-order valence-corrected chi connectivity index (χ0v) is 33.3. The molecule has 0 spiro atoms. The maximum Gasteiger partial charge on any atom is 0.220 e. The second-order valence-electron chi connectivity index (χ2n) is 15.0. The van der Waals surface area contributed by atoms with E-state index in [1.807, 2.05) is 0 Å². The summed E-state index contributed by atoms with van der Waals surface area (Å²) >= 11 is 0. The fraction of sp³-hybridized carbons (Fsp3) is 0.953. The Labute approximate surface area is 306 Å². The Morgan fingerprint density at radius 2 is 0.898 bits per heavy atom. The van der Waals surface area contributed by atoms with Gasteiger partial charge in [0.2, 0.25) is 11.8 Å². The average molecular weight is 695 g/mol. The van der Waals surface area contributed by atoms with Gasteiger partial charge in [0, 0.05) is 32.1 Å². The van der Waals surface area contributed by atoms with Crippen molar-refractivity contribution < 1.29 is 19.1 Å². The lowest BCUT2D eigenvalue weighted by molar-refractivity contribution is -0.124. The molecule has 0 rings (SSSR count). The molecule has 6 heteroatoms. The predicted octanol–water partition coefficient (Wildman–Crippen LogP) is 12.1. The number of hydrogen-bond acceptors (Lipinski definition) is 4. The molecular formula is C43H86N2O4. The summed E-state index contributed by atoms with van der Waals surface area (Å²) < 4.78 is 12.3. The zero-order chi connectivity index (χ0) is 35.9. The van der Waals surface area contributed by atoms with E-state index in [0.29, 0.717) is 32.4 Å². The summed E-state index contributed by atoms with van der Waals surface area (Å²) in [6, 6.07) is 0. The predicted molar refractivity (Wildman–Crippen MR) is 211 cm³/mol. The van der Waals surface area contributed by atoms with Crippen LogP contribution >= 0.6 is 0 Å². The minimum absolute atomic E-state index is 0.0223. The Hall–Kier alpha value is -1.14. The second-order valence-corrected chi connectivity index (χ2v) is 15.0. The SMILES string of the molecule is CCCCCCCCCCCCCCOCC(CNC(=O)CCCC(CCCCCC)C(N)=O)OCCCCCCCCCCCCCC. The molecule has 0 heterocycles. The van der Waals surface area contributed by atoms with Crippen molar-refractivity contribution in [2.75, 3.05) is 26.4 Å². The quantitative estimate of drug-likeness (QED) is 0.0623. The number of nitrogens with two attached hydrogens (primary N) is 1. The molecule has 0 aliphatic carbocycles. The normalized spacial score (nSPS) is 12.7. The van der Waals surface area contributed by atoms with Crippen molar-refractivity contribution in [3.05, 3.63) is 0 Å². The van der Waals surface area contributed by atoms with E-state index >= 15 is 0 Å². The molecule has 49 heavy (non-hydrogen) atoms. The molecule has 0 aliphatic heterocycles. The smallest absolute Gasteiger partial charge is 0.220 e. The van der Waals surface area contributed by atoms with Crippen LogP contribution in [-0.4, -0.2) is 44.3 Å². The van der Waals surface area contributed by atoms with Gasteiger partial charge in [-0.25, -0.2) is 0 Å². The summed E-state index contributed by atoms with van der Waals surface area (Å²) in [4.78, 5) is 24.5. The Morgan fingerprint density at radius 1 is 0.510 bits per heavy atom. The number of hydrogen-bond donors (Lipinski definition) is 2. The number of carbonyl (C=O) groups excluding carboxylic acids is 2. The zero-order valence-electron chi connectivity index (χ0n) is 33.3. The summed E-state index contributed by atoms with van der Waals surface area (Å²) in [5.41, 5.74) is 5.65. The molecule has 0 fully saturated rings. The van der Waals surface area contributed by atoms with E-state index in [1.165, 1.54) is 154 Å². The van der Waals surface area contributed by atoms with Crippen molar-refractivity contribution in [3.63, 3.8) is 0 Å². The van der Waals surface area contributed by atoms with Crippen LogP contribution < -0.4 is 11.1 Å². The highest BCUT2D eigenvalue weighted by Crippen LogP contribution is 2.17. The third-order valence-electron chi connectivity index (χ3n) is 10.1. The third-order valence-corrected chi connectivity index (χ3v) is 10.1. The van der Waals surface area contributed by atoms with Crippen LogP contribution in [0, 0.1) is 5.92 Å². The molecule has 292 valence electrons. The lowest BCUT2D eigenvalue weighted by Gasteiger charge is -2.19. The molecule has 2 unspecified atom stereocenters. The summed E-state index contributed by atoms with van der Waals surface area (Å²) in [6.45, 7) is 9.23. The fourth-order valence-electron chi connectivity index (χ4n) is 6.69. The van der Waals surface area contributed by atoms with Gasteiger partial charge < -0.3 is 20.5 Å². The van der Waals surface area contributed by atoms with E-state index < -0.39 is 0 Å². The number of ether oxygens (including phenoxy) is 2. The molecule has 0 aromatic carbocycles. The van der Waals surface area contributed by atoms with Crippen molar-refractivity contribution in [2.45, 2.75) is 232 Å². The largest absolute Gasteiger partial charge is 0.379 e. The molecule has 0 saturated heterocycles. The maximum absolute atomic E-state index is 12.7. The summed E-state index contributed by atoms with van der Waals surface area (Å²) in [5.74, 6) is -0.326. The first-order chi connectivity index (χ1) is 24.0. The van der Waals surface area contributed by atoms with Gasteiger partial charge in [0.05, 0.1) is 12.7 Å². The molecule has 0 bridgehead atoms. The van der Waals surface area contributed by atoms with E-state index in [9.17, 15) is 9.59 Å². The minimum Gasteiger partial charge on any atom is -0.379 e. The first-order valence-electron chi connectivity index (χ1n) is 21.8. The topological polar surface area (TPSA) is 90.6 Å². The van der Waals surface area contributed by atoms with Gasteiger partial charge in [0.15, 0.2) is 0 Å². The van der Waals surface area contributed by atoms with E-state index in [0.717, 1.165) is 45.3 Å². The van der Waals surface area contributed by atoms with Gasteiger partial charge in [-0.05, 0) is 32.1 Å². The molecule has 0 aliphatic rings. The molecule has 2 amide bonds. The van der Waals surface area contributed by atoms with Gasteiger partial charge in [-0.2, -0.15) is 0 Å². The molecule has 2 atom stereocenters. The van der Waals surface area contributed by atoms with Crippen LogP contribution in [-0.2, 0) is 19.1 Å². The monoisotopic (exact) mass is 695 g/mol. The van der Waals surface area contributed by atoms with Gasteiger partial charge in [0.25, 0.3) is 0 Å². The highest BCUT2D eigenvalue weighted by atomic mass is 16.5. The molecule has 0 saturated carbocycles. The minimum atomic E-state index is -0.228. The van der Waals surface area contributed by atoms with Crippen LogP contribution in [0.15, 0.2) is 0 Å². The van der Waals surface area contributed by atoms with Crippen molar-refractivity contribution >= 4 is 11.8 Å². The standard InChI is InChI=1S/C43H86N2O4/c1-4-7-10-13-15-17-19-21-23-25-27-30-36-48-39-41(49-37-31-28-26-24-22-20-18-16-14-11-8-5-2)38-45-42(46)35-32-34-40(43(44)47)33-29-12-9-6-3/h40-41H,4-39H2,1-3H3,(H2,44,47)(H,45,46). The number of rotatable bonds is 41. The summed E-state index contributed by atoms with van der Waals surface area (Å²) in [5, 5.41) is 3.08. The molecule has 0 aromatic rings. The Morgan fingerprint density at radius 3 is 1.35 bits per heavy atom. The third kappa shape index (κ3) is 36.5. The maximum atomic E-state index is 12.7. The van der Waals surface area contributed by atoms with E-state index in [-0.39, 0.29) is 23.8 Å².